The Morgan fingerprint density at radius 3 is 2.60 bits per heavy atom. The highest BCUT2D eigenvalue weighted by atomic mass is 35.5. The van der Waals surface area contributed by atoms with E-state index >= 15 is 0 Å². The number of halogens is 2. The van der Waals surface area contributed by atoms with Crippen LogP contribution in [0, 0.1) is 5.82 Å². The second-order valence-electron chi connectivity index (χ2n) is 5.18. The number of hydrogen-bond donors (Lipinski definition) is 2. The number of carbonyl (C=O) groups excluding carboxylic acids is 1. The Bertz CT molecular complexity index is 886. The summed E-state index contributed by atoms with van der Waals surface area (Å²) in [6.45, 7) is 0.413. The molecule has 0 spiro atoms. The number of hydrogen-bond acceptors (Lipinski definition) is 4. The van der Waals surface area contributed by atoms with E-state index in [1.165, 1.54) is 24.4 Å². The van der Waals surface area contributed by atoms with Gasteiger partial charge in [-0.15, -0.1) is 0 Å². The zero-order valence-electron chi connectivity index (χ0n) is 13.0. The second kappa shape index (κ2) is 7.72. The Hall–Kier alpha value is -2.99. The molecule has 0 unspecified atom stereocenters. The number of amides is 1. The smallest absolute Gasteiger partial charge is 0.274 e. The highest BCUT2D eigenvalue weighted by Gasteiger charge is 2.10. The molecule has 0 fully saturated rings. The fourth-order valence-electron chi connectivity index (χ4n) is 2.10. The third-order valence-electron chi connectivity index (χ3n) is 3.37. The van der Waals surface area contributed by atoms with Crippen LogP contribution in [-0.2, 0) is 6.54 Å². The third-order valence-corrected chi connectivity index (χ3v) is 3.70. The van der Waals surface area contributed by atoms with Crippen molar-refractivity contribution in [3.63, 3.8) is 0 Å². The van der Waals surface area contributed by atoms with E-state index in [-0.39, 0.29) is 17.4 Å². The molecule has 2 aromatic carbocycles. The van der Waals surface area contributed by atoms with Gasteiger partial charge in [-0.3, -0.25) is 4.79 Å². The summed E-state index contributed by atoms with van der Waals surface area (Å²) in [6, 6.07) is 14.5. The van der Waals surface area contributed by atoms with Gasteiger partial charge in [0.2, 0.25) is 5.95 Å². The van der Waals surface area contributed by atoms with E-state index in [1.54, 1.807) is 36.4 Å². The lowest BCUT2D eigenvalue weighted by atomic mass is 10.2. The molecule has 0 saturated carbocycles. The van der Waals surface area contributed by atoms with Gasteiger partial charge in [0.25, 0.3) is 5.91 Å². The Kier molecular flexibility index (Phi) is 5.20. The van der Waals surface area contributed by atoms with Gasteiger partial charge < -0.3 is 10.6 Å². The molecule has 0 aliphatic carbocycles. The molecule has 25 heavy (non-hydrogen) atoms. The predicted molar refractivity (Wildman–Crippen MR) is 95.2 cm³/mol. The topological polar surface area (TPSA) is 66.9 Å². The molecule has 3 rings (SSSR count). The molecular formula is C18H14ClFN4O. The third kappa shape index (κ3) is 4.51. The summed E-state index contributed by atoms with van der Waals surface area (Å²) in [5.41, 5.74) is 1.58. The summed E-state index contributed by atoms with van der Waals surface area (Å²) in [5.74, 6) is -0.380. The molecule has 0 atom stereocenters. The van der Waals surface area contributed by atoms with Crippen molar-refractivity contribution in [1.29, 1.82) is 0 Å². The maximum absolute atomic E-state index is 12.9. The van der Waals surface area contributed by atoms with Gasteiger partial charge >= 0.3 is 0 Å². The zero-order valence-corrected chi connectivity index (χ0v) is 13.8. The molecule has 1 heterocycles. The number of rotatable bonds is 5. The SMILES string of the molecule is O=C(Nc1ccccc1Cl)c1ccnc(NCc2ccc(F)cc2)n1. The van der Waals surface area contributed by atoms with Crippen LogP contribution >= 0.6 is 11.6 Å². The Balaban J connectivity index is 1.67. The van der Waals surface area contributed by atoms with Gasteiger partial charge in [0, 0.05) is 12.7 Å². The fourth-order valence-corrected chi connectivity index (χ4v) is 2.29. The van der Waals surface area contributed by atoms with Crippen molar-refractivity contribution in [2.24, 2.45) is 0 Å². The summed E-state index contributed by atoms with van der Waals surface area (Å²) in [6.07, 6.45) is 1.49. The highest BCUT2D eigenvalue weighted by Crippen LogP contribution is 2.21. The van der Waals surface area contributed by atoms with Crippen LogP contribution < -0.4 is 10.6 Å². The summed E-state index contributed by atoms with van der Waals surface area (Å²) in [5, 5.41) is 6.15. The fraction of sp³-hybridized carbons (Fsp3) is 0.0556. The molecule has 3 aromatic rings. The van der Waals surface area contributed by atoms with Gasteiger partial charge in [-0.2, -0.15) is 0 Å². The van der Waals surface area contributed by atoms with E-state index in [0.717, 1.165) is 5.56 Å². The van der Waals surface area contributed by atoms with E-state index < -0.39 is 0 Å². The maximum atomic E-state index is 12.9. The second-order valence-corrected chi connectivity index (χ2v) is 5.59. The average molecular weight is 357 g/mol. The molecule has 126 valence electrons. The summed E-state index contributed by atoms with van der Waals surface area (Å²) >= 11 is 6.03. The molecule has 0 aliphatic heterocycles. The first-order chi connectivity index (χ1) is 12.1. The van der Waals surface area contributed by atoms with Crippen molar-refractivity contribution in [3.05, 3.63) is 82.9 Å². The highest BCUT2D eigenvalue weighted by molar-refractivity contribution is 6.33. The van der Waals surface area contributed by atoms with Crippen LogP contribution in [0.4, 0.5) is 16.0 Å². The summed E-state index contributed by atoms with van der Waals surface area (Å²) in [7, 11) is 0. The largest absolute Gasteiger partial charge is 0.350 e. The standard InChI is InChI=1S/C18H14ClFN4O/c19-14-3-1-2-4-15(14)23-17(25)16-9-10-21-18(24-16)22-11-12-5-7-13(20)8-6-12/h1-10H,11H2,(H,23,25)(H,21,22,24). The molecular weight excluding hydrogens is 343 g/mol. The molecule has 2 N–H and O–H groups in total. The lowest BCUT2D eigenvalue weighted by Crippen LogP contribution is -2.15. The van der Waals surface area contributed by atoms with Crippen LogP contribution in [0.25, 0.3) is 0 Å². The lowest BCUT2D eigenvalue weighted by molar-refractivity contribution is 0.102. The molecule has 0 saturated heterocycles. The number of carbonyl (C=O) groups is 1. The van der Waals surface area contributed by atoms with E-state index in [2.05, 4.69) is 20.6 Å². The van der Waals surface area contributed by atoms with Crippen LogP contribution in [0.3, 0.4) is 0 Å². The lowest BCUT2D eigenvalue weighted by Gasteiger charge is -2.08. The molecule has 1 amide bonds. The number of aromatic nitrogens is 2. The number of para-hydroxylation sites is 1. The van der Waals surface area contributed by atoms with E-state index in [9.17, 15) is 9.18 Å². The first-order valence-electron chi connectivity index (χ1n) is 7.49. The van der Waals surface area contributed by atoms with Gasteiger partial charge in [-0.25, -0.2) is 14.4 Å². The summed E-state index contributed by atoms with van der Waals surface area (Å²) in [4.78, 5) is 20.6. The number of anilines is 2. The minimum absolute atomic E-state index is 0.205. The van der Waals surface area contributed by atoms with Crippen molar-refractivity contribution >= 4 is 29.1 Å². The molecule has 5 nitrogen and oxygen atoms in total. The molecule has 1 aromatic heterocycles. The molecule has 7 heteroatoms. The van der Waals surface area contributed by atoms with E-state index in [1.807, 2.05) is 0 Å². The summed E-state index contributed by atoms with van der Waals surface area (Å²) < 4.78 is 12.9. The minimum atomic E-state index is -0.389. The molecule has 0 bridgehead atoms. The number of nitrogens with zero attached hydrogens (tertiary/aromatic N) is 2. The van der Waals surface area contributed by atoms with Gasteiger partial charge in [0.05, 0.1) is 10.7 Å². The number of benzene rings is 2. The van der Waals surface area contributed by atoms with Crippen molar-refractivity contribution < 1.29 is 9.18 Å². The average Bonchev–Trinajstić information content (AvgIpc) is 2.63. The van der Waals surface area contributed by atoms with Gasteiger partial charge in [0.15, 0.2) is 0 Å². The van der Waals surface area contributed by atoms with Crippen molar-refractivity contribution in [1.82, 2.24) is 9.97 Å². The maximum Gasteiger partial charge on any atom is 0.274 e. The Morgan fingerprint density at radius 2 is 1.84 bits per heavy atom. The monoisotopic (exact) mass is 356 g/mol. The van der Waals surface area contributed by atoms with E-state index in [0.29, 0.717) is 23.2 Å². The van der Waals surface area contributed by atoms with Crippen molar-refractivity contribution in [2.75, 3.05) is 10.6 Å². The zero-order chi connectivity index (χ0) is 17.6. The van der Waals surface area contributed by atoms with Gasteiger partial charge in [-0.05, 0) is 35.9 Å². The normalized spacial score (nSPS) is 10.3. The van der Waals surface area contributed by atoms with Crippen LogP contribution in [0.1, 0.15) is 16.1 Å². The Labute approximate surface area is 148 Å². The Morgan fingerprint density at radius 1 is 1.08 bits per heavy atom. The molecule has 0 aliphatic rings. The van der Waals surface area contributed by atoms with Gasteiger partial charge in [0.1, 0.15) is 11.5 Å². The van der Waals surface area contributed by atoms with Crippen molar-refractivity contribution in [2.45, 2.75) is 6.54 Å². The predicted octanol–water partition coefficient (Wildman–Crippen LogP) is 4.13. The van der Waals surface area contributed by atoms with Crippen LogP contribution in [0.15, 0.2) is 60.8 Å². The van der Waals surface area contributed by atoms with Crippen LogP contribution in [0.2, 0.25) is 5.02 Å². The quantitative estimate of drug-likeness (QED) is 0.721. The molecule has 0 radical (unpaired) electrons. The van der Waals surface area contributed by atoms with Crippen LogP contribution in [-0.4, -0.2) is 15.9 Å². The van der Waals surface area contributed by atoms with Crippen LogP contribution in [0.5, 0.6) is 0 Å². The van der Waals surface area contributed by atoms with Gasteiger partial charge in [-0.1, -0.05) is 35.9 Å². The first-order valence-corrected chi connectivity index (χ1v) is 7.87. The minimum Gasteiger partial charge on any atom is -0.350 e. The number of nitrogens with one attached hydrogen (secondary N) is 2. The van der Waals surface area contributed by atoms with Crippen molar-refractivity contribution in [3.8, 4) is 0 Å². The first kappa shape index (κ1) is 16.9. The van der Waals surface area contributed by atoms with E-state index in [4.69, 9.17) is 11.6 Å².